The highest BCUT2D eigenvalue weighted by Gasteiger charge is 2.11. The minimum atomic E-state index is -0.151. The predicted octanol–water partition coefficient (Wildman–Crippen LogP) is 4.71. The van der Waals surface area contributed by atoms with E-state index < -0.39 is 0 Å². The Morgan fingerprint density at radius 2 is 2.15 bits per heavy atom. The van der Waals surface area contributed by atoms with Crippen molar-refractivity contribution >= 4 is 27.5 Å². The van der Waals surface area contributed by atoms with Crippen LogP contribution < -0.4 is 10.1 Å². The van der Waals surface area contributed by atoms with Crippen LogP contribution in [-0.2, 0) is 11.2 Å². The zero-order chi connectivity index (χ0) is 19.2. The second-order valence-corrected chi connectivity index (χ2v) is 7.11. The maximum atomic E-state index is 12.1. The van der Waals surface area contributed by atoms with E-state index >= 15 is 0 Å². The number of aryl methyl sites for hydroxylation is 1. The first-order chi connectivity index (χ1) is 13.0. The second-order valence-electron chi connectivity index (χ2n) is 6.19. The van der Waals surface area contributed by atoms with Gasteiger partial charge in [0.25, 0.3) is 0 Å². The molecule has 7 nitrogen and oxygen atoms in total. The van der Waals surface area contributed by atoms with Gasteiger partial charge in [0.15, 0.2) is 5.82 Å². The van der Waals surface area contributed by atoms with Crippen LogP contribution in [0.2, 0.25) is 0 Å². The molecule has 0 spiro atoms. The number of rotatable bonds is 7. The zero-order valence-electron chi connectivity index (χ0n) is 15.0. The summed E-state index contributed by atoms with van der Waals surface area (Å²) in [5.41, 5.74) is 0.593. The molecule has 3 rings (SSSR count). The molecule has 0 bridgehead atoms. The lowest BCUT2D eigenvalue weighted by atomic mass is 10.2. The fourth-order valence-corrected chi connectivity index (χ4v) is 2.59. The van der Waals surface area contributed by atoms with Crippen LogP contribution in [0.1, 0.15) is 37.9 Å². The number of nitrogens with one attached hydrogen (secondary N) is 1. The maximum Gasteiger partial charge on any atom is 0.227 e. The quantitative estimate of drug-likeness (QED) is 0.583. The van der Waals surface area contributed by atoms with E-state index in [1.807, 2.05) is 38.1 Å². The topological polar surface area (TPSA) is 90.1 Å². The molecule has 0 aliphatic rings. The van der Waals surface area contributed by atoms with Crippen molar-refractivity contribution in [2.45, 2.75) is 32.6 Å². The Labute approximate surface area is 165 Å². The van der Waals surface area contributed by atoms with Gasteiger partial charge in [-0.05, 0) is 24.3 Å². The van der Waals surface area contributed by atoms with Crippen LogP contribution in [0.5, 0.6) is 11.6 Å². The molecule has 3 aromatic rings. The molecule has 0 unspecified atom stereocenters. The van der Waals surface area contributed by atoms with Crippen molar-refractivity contribution in [3.63, 3.8) is 0 Å². The van der Waals surface area contributed by atoms with Crippen molar-refractivity contribution in [1.29, 1.82) is 0 Å². The number of amides is 1. The molecule has 0 saturated heterocycles. The van der Waals surface area contributed by atoms with Gasteiger partial charge < -0.3 is 14.6 Å². The number of pyridine rings is 1. The number of benzene rings is 1. The zero-order valence-corrected chi connectivity index (χ0v) is 16.6. The predicted molar refractivity (Wildman–Crippen MR) is 104 cm³/mol. The van der Waals surface area contributed by atoms with E-state index in [1.165, 1.54) is 0 Å². The molecule has 0 atom stereocenters. The number of halogens is 1. The number of carbonyl (C=O) groups is 1. The molecule has 27 heavy (non-hydrogen) atoms. The van der Waals surface area contributed by atoms with Crippen molar-refractivity contribution in [3.05, 3.63) is 58.8 Å². The number of hydrogen-bond acceptors (Lipinski definition) is 6. The lowest BCUT2D eigenvalue weighted by molar-refractivity contribution is -0.116. The Kier molecular flexibility index (Phi) is 6.18. The minimum absolute atomic E-state index is 0.151. The van der Waals surface area contributed by atoms with Gasteiger partial charge >= 0.3 is 0 Å². The van der Waals surface area contributed by atoms with E-state index in [-0.39, 0.29) is 18.2 Å². The molecule has 2 heterocycles. The number of hydrogen-bond donors (Lipinski definition) is 1. The highest BCUT2D eigenvalue weighted by atomic mass is 79.9. The highest BCUT2D eigenvalue weighted by molar-refractivity contribution is 9.10. The summed E-state index contributed by atoms with van der Waals surface area (Å²) in [6.45, 7) is 3.97. The summed E-state index contributed by atoms with van der Waals surface area (Å²) < 4.78 is 11.7. The average Bonchev–Trinajstić information content (AvgIpc) is 3.11. The van der Waals surface area contributed by atoms with Crippen molar-refractivity contribution < 1.29 is 14.1 Å². The number of anilines is 1. The summed E-state index contributed by atoms with van der Waals surface area (Å²) in [7, 11) is 0. The number of nitrogens with zero attached hydrogens (tertiary/aromatic N) is 3. The molecule has 140 valence electrons. The van der Waals surface area contributed by atoms with Gasteiger partial charge in [-0.3, -0.25) is 4.79 Å². The number of ether oxygens (including phenoxy) is 1. The van der Waals surface area contributed by atoms with Crippen molar-refractivity contribution in [1.82, 2.24) is 15.1 Å². The fourth-order valence-electron chi connectivity index (χ4n) is 2.21. The summed E-state index contributed by atoms with van der Waals surface area (Å²) >= 11 is 3.39. The Balaban J connectivity index is 1.50. The Morgan fingerprint density at radius 1 is 1.30 bits per heavy atom. The van der Waals surface area contributed by atoms with Gasteiger partial charge in [0, 0.05) is 29.3 Å². The second kappa shape index (κ2) is 8.77. The van der Waals surface area contributed by atoms with E-state index in [0.717, 1.165) is 4.47 Å². The Bertz CT molecular complexity index is 909. The van der Waals surface area contributed by atoms with Gasteiger partial charge in [0.1, 0.15) is 5.75 Å². The molecule has 0 radical (unpaired) electrons. The van der Waals surface area contributed by atoms with Gasteiger partial charge in [-0.15, -0.1) is 0 Å². The standard InChI is InChI=1S/C19H19BrN4O3/c1-12(2)19-23-18(27-24-19)9-7-16(25)22-14-6-8-17(21-11-14)26-15-5-3-4-13(20)10-15/h3-6,8,10-12H,7,9H2,1-2H3,(H,22,25). The van der Waals surface area contributed by atoms with Gasteiger partial charge in [-0.1, -0.05) is 41.0 Å². The third-order valence-corrected chi connectivity index (χ3v) is 4.10. The van der Waals surface area contributed by atoms with Crippen LogP contribution >= 0.6 is 15.9 Å². The van der Waals surface area contributed by atoms with Crippen LogP contribution in [-0.4, -0.2) is 21.0 Å². The first-order valence-corrected chi connectivity index (χ1v) is 9.30. The third kappa shape index (κ3) is 5.62. The van der Waals surface area contributed by atoms with Crippen molar-refractivity contribution in [2.75, 3.05) is 5.32 Å². The molecule has 0 aliphatic carbocycles. The SMILES string of the molecule is CC(C)c1noc(CCC(=O)Nc2ccc(Oc3cccc(Br)c3)nc2)n1. The fraction of sp³-hybridized carbons (Fsp3) is 0.263. The van der Waals surface area contributed by atoms with E-state index in [2.05, 4.69) is 36.4 Å². The smallest absolute Gasteiger partial charge is 0.227 e. The molecule has 0 aliphatic heterocycles. The Morgan fingerprint density at radius 3 is 2.81 bits per heavy atom. The molecule has 0 fully saturated rings. The lowest BCUT2D eigenvalue weighted by Gasteiger charge is -2.07. The van der Waals surface area contributed by atoms with Crippen LogP contribution in [0.4, 0.5) is 5.69 Å². The Hall–Kier alpha value is -2.74. The van der Waals surface area contributed by atoms with E-state index in [9.17, 15) is 4.79 Å². The van der Waals surface area contributed by atoms with Gasteiger partial charge in [0.2, 0.25) is 17.7 Å². The van der Waals surface area contributed by atoms with Crippen LogP contribution in [0.3, 0.4) is 0 Å². The van der Waals surface area contributed by atoms with E-state index in [1.54, 1.807) is 18.3 Å². The van der Waals surface area contributed by atoms with Crippen LogP contribution in [0.15, 0.2) is 51.6 Å². The molecular formula is C19H19BrN4O3. The summed E-state index contributed by atoms with van der Waals surface area (Å²) in [4.78, 5) is 20.5. The molecule has 1 aromatic carbocycles. The summed E-state index contributed by atoms with van der Waals surface area (Å²) in [6, 6.07) is 10.9. The first-order valence-electron chi connectivity index (χ1n) is 8.51. The minimum Gasteiger partial charge on any atom is -0.439 e. The van der Waals surface area contributed by atoms with Gasteiger partial charge in [-0.2, -0.15) is 4.98 Å². The largest absolute Gasteiger partial charge is 0.439 e. The van der Waals surface area contributed by atoms with Crippen molar-refractivity contribution in [2.24, 2.45) is 0 Å². The summed E-state index contributed by atoms with van der Waals surface area (Å²) in [6.07, 6.45) is 2.19. The van der Waals surface area contributed by atoms with Crippen LogP contribution in [0, 0.1) is 0 Å². The molecule has 1 N–H and O–H groups in total. The number of carbonyl (C=O) groups excluding carboxylic acids is 1. The molecule has 2 aromatic heterocycles. The van der Waals surface area contributed by atoms with Gasteiger partial charge in [0.05, 0.1) is 11.9 Å². The van der Waals surface area contributed by atoms with E-state index in [0.29, 0.717) is 35.5 Å². The molecule has 8 heteroatoms. The normalized spacial score (nSPS) is 10.8. The summed E-state index contributed by atoms with van der Waals surface area (Å²) in [5, 5.41) is 6.67. The van der Waals surface area contributed by atoms with Crippen LogP contribution in [0.25, 0.3) is 0 Å². The lowest BCUT2D eigenvalue weighted by Crippen LogP contribution is -2.12. The monoisotopic (exact) mass is 430 g/mol. The van der Waals surface area contributed by atoms with E-state index in [4.69, 9.17) is 9.26 Å². The molecular weight excluding hydrogens is 412 g/mol. The average molecular weight is 431 g/mol. The first kappa shape index (κ1) is 19.0. The summed E-state index contributed by atoms with van der Waals surface area (Å²) in [5.74, 6) is 2.27. The molecule has 0 saturated carbocycles. The third-order valence-electron chi connectivity index (χ3n) is 3.60. The highest BCUT2D eigenvalue weighted by Crippen LogP contribution is 2.23. The maximum absolute atomic E-state index is 12.1. The van der Waals surface area contributed by atoms with Gasteiger partial charge in [-0.25, -0.2) is 4.98 Å². The number of aromatic nitrogens is 3. The molecule has 1 amide bonds. The van der Waals surface area contributed by atoms with Crippen molar-refractivity contribution in [3.8, 4) is 11.6 Å².